The molecule has 9 heteroatoms. The van der Waals surface area contributed by atoms with Gasteiger partial charge in [0.05, 0.1) is 5.97 Å². The molecule has 0 aromatic rings. The van der Waals surface area contributed by atoms with Crippen LogP contribution in [0.3, 0.4) is 0 Å². The Hall–Kier alpha value is -2.03. The van der Waals surface area contributed by atoms with Crippen LogP contribution in [0.1, 0.15) is 0 Å². The van der Waals surface area contributed by atoms with Crippen molar-refractivity contribution in [2.24, 2.45) is 11.5 Å². The van der Waals surface area contributed by atoms with Gasteiger partial charge >= 0.3 is 29.6 Å². The van der Waals surface area contributed by atoms with Gasteiger partial charge in [-0.05, 0) is 18.2 Å². The number of hydrogen-bond acceptors (Lipinski definition) is 6. The maximum absolute atomic E-state index is 10.8. The molecule has 2 amide bonds. The molecule has 102 valence electrons. The average Bonchev–Trinajstić information content (AvgIpc) is 2.33. The second kappa shape index (κ2) is 13.4. The van der Waals surface area contributed by atoms with Gasteiger partial charge in [0.15, 0.2) is 0 Å². The maximum atomic E-state index is 10.8. The van der Waals surface area contributed by atoms with Gasteiger partial charge in [-0.25, -0.2) is 0 Å². The van der Waals surface area contributed by atoms with Crippen LogP contribution in [-0.2, 0) is 24.0 Å². The van der Waals surface area contributed by atoms with E-state index in [-0.39, 0.29) is 29.6 Å². The first-order valence-electron chi connectivity index (χ1n) is 4.57. The van der Waals surface area contributed by atoms with Gasteiger partial charge in [-0.2, -0.15) is 0 Å². The molecule has 0 fully saturated rings. The molecule has 0 saturated heterocycles. The summed E-state index contributed by atoms with van der Waals surface area (Å²) in [6.07, 6.45) is 3.66. The van der Waals surface area contributed by atoms with E-state index >= 15 is 0 Å². The van der Waals surface area contributed by atoms with Gasteiger partial charge in [0.2, 0.25) is 23.4 Å². The molecule has 0 saturated carbocycles. The molecule has 0 unspecified atom stereocenters. The third-order valence-electron chi connectivity index (χ3n) is 1.21. The van der Waals surface area contributed by atoms with E-state index in [4.69, 9.17) is 9.90 Å². The summed E-state index contributed by atoms with van der Waals surface area (Å²) in [5.41, 5.74) is 9.36. The Balaban J connectivity index is -0.000000414. The van der Waals surface area contributed by atoms with Crippen LogP contribution in [-0.4, -0.2) is 29.4 Å². The zero-order valence-corrected chi connectivity index (χ0v) is 12.7. The van der Waals surface area contributed by atoms with Gasteiger partial charge in [-0.1, -0.05) is 6.58 Å². The quantitative estimate of drug-likeness (QED) is 0.281. The number of aliphatic carboxylic acids is 1. The minimum Gasteiger partial charge on any atom is -0.545 e. The number of amides is 2. The van der Waals surface area contributed by atoms with Crippen molar-refractivity contribution in [1.29, 1.82) is 0 Å². The fourth-order valence-corrected chi connectivity index (χ4v) is 0.480. The standard InChI is InChI=1S/C8H8N2O4.C3H4O2.Na/c9-7(13)3-1-5(11)6(12)2-4-8(10)14;1-2-3(4)5;/h1-4H,(H2,9,13)(H2,10,14);2H,1H2,(H,4,5);/q;;+1/p-1. The normalized spacial score (nSPS) is 9.00. The van der Waals surface area contributed by atoms with E-state index in [0.29, 0.717) is 0 Å². The van der Waals surface area contributed by atoms with E-state index in [1.807, 2.05) is 0 Å². The molecule has 0 aliphatic carbocycles. The van der Waals surface area contributed by atoms with Gasteiger partial charge in [0.25, 0.3) is 0 Å². The van der Waals surface area contributed by atoms with E-state index in [1.54, 1.807) is 0 Å². The van der Waals surface area contributed by atoms with Crippen LogP contribution in [0.2, 0.25) is 0 Å². The number of carbonyl (C=O) groups is 5. The Labute approximate surface area is 136 Å². The van der Waals surface area contributed by atoms with Crippen LogP contribution in [0.25, 0.3) is 0 Å². The molecule has 0 atom stereocenters. The van der Waals surface area contributed by atoms with Crippen LogP contribution in [0.15, 0.2) is 37.0 Å². The fourth-order valence-electron chi connectivity index (χ4n) is 0.480. The van der Waals surface area contributed by atoms with Crippen LogP contribution in [0.5, 0.6) is 0 Å². The van der Waals surface area contributed by atoms with Gasteiger partial charge < -0.3 is 21.4 Å². The predicted molar refractivity (Wildman–Crippen MR) is 61.9 cm³/mol. The number of ketones is 2. The topological polar surface area (TPSA) is 160 Å². The number of rotatable bonds is 6. The summed E-state index contributed by atoms with van der Waals surface area (Å²) in [5.74, 6) is -4.83. The number of allylic oxidation sites excluding steroid dienone is 2. The minimum absolute atomic E-state index is 0. The summed E-state index contributed by atoms with van der Waals surface area (Å²) in [5, 5.41) is 9.14. The number of carbonyl (C=O) groups excluding carboxylic acids is 5. The molecular weight excluding hydrogens is 279 g/mol. The van der Waals surface area contributed by atoms with Crippen molar-refractivity contribution in [2.75, 3.05) is 0 Å². The fraction of sp³-hybridized carbons (Fsp3) is 0. The molecule has 0 aliphatic rings. The molecule has 0 bridgehead atoms. The summed E-state index contributed by atoms with van der Waals surface area (Å²) in [6.45, 7) is 2.90. The summed E-state index contributed by atoms with van der Waals surface area (Å²) in [6, 6.07) is 0. The Morgan fingerprint density at radius 2 is 1.05 bits per heavy atom. The first-order chi connectivity index (χ1) is 8.70. The summed E-state index contributed by atoms with van der Waals surface area (Å²) < 4.78 is 0. The van der Waals surface area contributed by atoms with E-state index < -0.39 is 29.4 Å². The molecule has 0 aromatic heterocycles. The smallest absolute Gasteiger partial charge is 0.545 e. The third kappa shape index (κ3) is 18.3. The molecule has 0 spiro atoms. The Morgan fingerprint density at radius 1 is 0.800 bits per heavy atom. The van der Waals surface area contributed by atoms with Crippen LogP contribution in [0, 0.1) is 0 Å². The summed E-state index contributed by atoms with van der Waals surface area (Å²) in [7, 11) is 0. The van der Waals surface area contributed by atoms with E-state index in [1.165, 1.54) is 0 Å². The van der Waals surface area contributed by atoms with E-state index in [2.05, 4.69) is 18.0 Å². The number of primary amides is 2. The Morgan fingerprint density at radius 3 is 1.20 bits per heavy atom. The predicted octanol–water partition coefficient (Wildman–Crippen LogP) is -5.87. The van der Waals surface area contributed by atoms with Crippen molar-refractivity contribution in [3.8, 4) is 0 Å². The number of hydrogen-bond donors (Lipinski definition) is 2. The molecule has 0 aliphatic heterocycles. The van der Waals surface area contributed by atoms with Crippen LogP contribution < -0.4 is 46.1 Å². The Bertz CT molecular complexity index is 434. The molecule has 8 nitrogen and oxygen atoms in total. The molecule has 20 heavy (non-hydrogen) atoms. The van der Waals surface area contributed by atoms with E-state index in [9.17, 15) is 19.2 Å². The zero-order valence-electron chi connectivity index (χ0n) is 10.7. The van der Waals surface area contributed by atoms with Crippen molar-refractivity contribution in [3.05, 3.63) is 37.0 Å². The monoisotopic (exact) mass is 290 g/mol. The van der Waals surface area contributed by atoms with Gasteiger partial charge in [-0.3, -0.25) is 19.2 Å². The molecule has 0 heterocycles. The minimum atomic E-state index is -1.23. The summed E-state index contributed by atoms with van der Waals surface area (Å²) in [4.78, 5) is 51.1. The second-order valence-electron chi connectivity index (χ2n) is 2.72. The van der Waals surface area contributed by atoms with Crippen molar-refractivity contribution in [2.45, 2.75) is 0 Å². The van der Waals surface area contributed by atoms with E-state index in [0.717, 1.165) is 30.4 Å². The summed E-state index contributed by atoms with van der Waals surface area (Å²) >= 11 is 0. The molecule has 4 N–H and O–H groups in total. The average molecular weight is 290 g/mol. The maximum Gasteiger partial charge on any atom is 1.00 e. The molecule has 0 radical (unpaired) electrons. The van der Waals surface area contributed by atoms with Gasteiger partial charge in [0.1, 0.15) is 0 Å². The van der Waals surface area contributed by atoms with Crippen LogP contribution >= 0.6 is 0 Å². The first-order valence-corrected chi connectivity index (χ1v) is 4.57. The SMILES string of the molecule is C=CC(=O)[O-].NC(=O)C=CC(=O)C(=O)C=CC(N)=O.[Na+]. The second-order valence-corrected chi connectivity index (χ2v) is 2.72. The van der Waals surface area contributed by atoms with Gasteiger partial charge in [0, 0.05) is 12.2 Å². The molecular formula is C11H11N2NaO6. The van der Waals surface area contributed by atoms with Crippen molar-refractivity contribution >= 4 is 29.4 Å². The van der Waals surface area contributed by atoms with Crippen LogP contribution in [0.4, 0.5) is 0 Å². The first kappa shape index (κ1) is 23.1. The number of nitrogens with two attached hydrogens (primary N) is 2. The van der Waals surface area contributed by atoms with Crippen molar-refractivity contribution in [3.63, 3.8) is 0 Å². The number of carboxylic acid groups (broad SMARTS) is 1. The molecule has 0 aromatic carbocycles. The molecule has 0 rings (SSSR count). The van der Waals surface area contributed by atoms with Crippen molar-refractivity contribution in [1.82, 2.24) is 0 Å². The largest absolute Gasteiger partial charge is 1.00 e. The van der Waals surface area contributed by atoms with Crippen molar-refractivity contribution < 1.29 is 58.6 Å². The Kier molecular flexibility index (Phi) is 15.5. The third-order valence-corrected chi connectivity index (χ3v) is 1.21. The zero-order chi connectivity index (χ0) is 15.4. The number of carboxylic acids is 1. The van der Waals surface area contributed by atoms with Gasteiger partial charge in [-0.15, -0.1) is 0 Å².